The first-order valence-electron chi connectivity index (χ1n) is 9.41. The molecular formula is C20H29BrF2N2O2. The minimum absolute atomic E-state index is 0.167. The number of hydrogen-bond donors (Lipinski definition) is 0. The molecule has 1 aromatic carbocycles. The van der Waals surface area contributed by atoms with Gasteiger partial charge in [0.25, 0.3) is 6.43 Å². The summed E-state index contributed by atoms with van der Waals surface area (Å²) < 4.78 is 31.0. The minimum Gasteiger partial charge on any atom is -0.465 e. The highest BCUT2D eigenvalue weighted by atomic mass is 79.9. The van der Waals surface area contributed by atoms with E-state index in [1.165, 1.54) is 7.11 Å². The molecule has 1 aliphatic rings. The van der Waals surface area contributed by atoms with Crippen LogP contribution in [-0.2, 0) is 4.74 Å². The number of esters is 1. The van der Waals surface area contributed by atoms with Crippen LogP contribution in [0.2, 0.25) is 0 Å². The number of hydrogen-bond acceptors (Lipinski definition) is 4. The largest absolute Gasteiger partial charge is 0.465 e. The number of nitrogens with zero attached hydrogens (tertiary/aromatic N) is 2. The first-order valence-corrected chi connectivity index (χ1v) is 10.2. The zero-order chi connectivity index (χ0) is 20.1. The average molecular weight is 447 g/mol. The molecule has 0 spiro atoms. The molecule has 1 fully saturated rings. The number of methoxy groups -OCH3 is 1. The van der Waals surface area contributed by atoms with Crippen molar-refractivity contribution in [1.82, 2.24) is 4.90 Å². The van der Waals surface area contributed by atoms with Crippen LogP contribution in [0.3, 0.4) is 0 Å². The molecule has 1 saturated carbocycles. The lowest BCUT2D eigenvalue weighted by Crippen LogP contribution is -2.44. The lowest BCUT2D eigenvalue weighted by atomic mass is 9.88. The van der Waals surface area contributed by atoms with Crippen LogP contribution in [0.15, 0.2) is 16.6 Å². The number of ether oxygens (including phenoxy) is 1. The molecule has 0 atom stereocenters. The van der Waals surface area contributed by atoms with Crippen LogP contribution in [-0.4, -0.2) is 56.6 Å². The summed E-state index contributed by atoms with van der Waals surface area (Å²) in [5.74, 6) is -0.344. The van der Waals surface area contributed by atoms with E-state index in [9.17, 15) is 13.6 Å². The number of anilines is 1. The molecule has 0 bridgehead atoms. The van der Waals surface area contributed by atoms with Crippen molar-refractivity contribution >= 4 is 27.6 Å². The summed E-state index contributed by atoms with van der Waals surface area (Å²) in [6.07, 6.45) is 1.42. The van der Waals surface area contributed by atoms with Crippen molar-refractivity contribution in [2.45, 2.75) is 58.0 Å². The van der Waals surface area contributed by atoms with E-state index in [-0.39, 0.29) is 18.6 Å². The molecule has 2 rings (SSSR count). The van der Waals surface area contributed by atoms with Gasteiger partial charge < -0.3 is 9.64 Å². The molecule has 1 aliphatic carbocycles. The van der Waals surface area contributed by atoms with E-state index >= 15 is 0 Å². The maximum absolute atomic E-state index is 12.6. The van der Waals surface area contributed by atoms with Gasteiger partial charge >= 0.3 is 5.97 Å². The fraction of sp³-hybridized carbons (Fsp3) is 0.650. The first-order chi connectivity index (χ1) is 12.8. The summed E-state index contributed by atoms with van der Waals surface area (Å²) in [6.45, 7) is 4.70. The minimum atomic E-state index is -2.29. The van der Waals surface area contributed by atoms with Gasteiger partial charge in [0.1, 0.15) is 0 Å². The molecule has 0 radical (unpaired) electrons. The molecule has 0 heterocycles. The van der Waals surface area contributed by atoms with Crippen LogP contribution in [0, 0.1) is 6.92 Å². The molecule has 4 nitrogen and oxygen atoms in total. The number of carbonyl (C=O) groups excluding carboxylic acids is 1. The fourth-order valence-electron chi connectivity index (χ4n) is 4.09. The maximum Gasteiger partial charge on any atom is 0.338 e. The van der Waals surface area contributed by atoms with E-state index in [0.29, 0.717) is 11.6 Å². The quantitative estimate of drug-likeness (QED) is 0.558. The highest BCUT2D eigenvalue weighted by Crippen LogP contribution is 2.34. The van der Waals surface area contributed by atoms with Gasteiger partial charge in [-0.3, -0.25) is 4.90 Å². The van der Waals surface area contributed by atoms with Crippen molar-refractivity contribution < 1.29 is 18.3 Å². The van der Waals surface area contributed by atoms with E-state index in [0.717, 1.165) is 48.0 Å². The third-order valence-corrected chi connectivity index (χ3v) is 6.01. The molecule has 0 N–H and O–H groups in total. The van der Waals surface area contributed by atoms with Crippen LogP contribution in [0.4, 0.5) is 14.5 Å². The average Bonchev–Trinajstić information content (AvgIpc) is 2.64. The lowest BCUT2D eigenvalue weighted by molar-refractivity contribution is 0.0599. The zero-order valence-corrected chi connectivity index (χ0v) is 18.1. The topological polar surface area (TPSA) is 32.8 Å². The van der Waals surface area contributed by atoms with Crippen LogP contribution >= 0.6 is 15.9 Å². The number of rotatable bonds is 7. The third-order valence-electron chi connectivity index (χ3n) is 5.56. The SMILES string of the molecule is CCN(c1cc(Br)cc(C(=O)OC)c1C)C1CCC(N(C)CC(F)F)CC1. The summed E-state index contributed by atoms with van der Waals surface area (Å²) in [7, 11) is 3.17. The zero-order valence-electron chi connectivity index (χ0n) is 16.5. The van der Waals surface area contributed by atoms with Crippen molar-refractivity contribution in [3.63, 3.8) is 0 Å². The van der Waals surface area contributed by atoms with Crippen LogP contribution < -0.4 is 4.90 Å². The second-order valence-corrected chi connectivity index (χ2v) is 8.08. The summed E-state index contributed by atoms with van der Waals surface area (Å²) in [5, 5.41) is 0. The third kappa shape index (κ3) is 5.41. The molecule has 0 aliphatic heterocycles. The van der Waals surface area contributed by atoms with E-state index in [1.54, 1.807) is 18.0 Å². The molecule has 0 aromatic heterocycles. The molecule has 0 amide bonds. The van der Waals surface area contributed by atoms with E-state index in [1.807, 2.05) is 13.0 Å². The van der Waals surface area contributed by atoms with Gasteiger partial charge in [-0.25, -0.2) is 13.6 Å². The Kier molecular flexibility index (Phi) is 8.04. The van der Waals surface area contributed by atoms with Crippen LogP contribution in [0.25, 0.3) is 0 Å². The van der Waals surface area contributed by atoms with E-state index in [2.05, 4.69) is 27.8 Å². The van der Waals surface area contributed by atoms with Gasteiger partial charge in [-0.1, -0.05) is 15.9 Å². The van der Waals surface area contributed by atoms with Crippen molar-refractivity contribution in [3.05, 3.63) is 27.7 Å². The van der Waals surface area contributed by atoms with Crippen molar-refractivity contribution in [3.8, 4) is 0 Å². The molecule has 0 unspecified atom stereocenters. The molecule has 152 valence electrons. The number of carbonyl (C=O) groups is 1. The Balaban J connectivity index is 2.17. The Bertz CT molecular complexity index is 649. The summed E-state index contributed by atoms with van der Waals surface area (Å²) >= 11 is 3.51. The monoisotopic (exact) mass is 446 g/mol. The van der Waals surface area contributed by atoms with Gasteiger partial charge in [-0.2, -0.15) is 0 Å². The van der Waals surface area contributed by atoms with E-state index in [4.69, 9.17) is 4.74 Å². The highest BCUT2D eigenvalue weighted by Gasteiger charge is 2.29. The Morgan fingerprint density at radius 1 is 1.26 bits per heavy atom. The Labute approximate surface area is 169 Å². The first kappa shape index (κ1) is 22.1. The number of benzene rings is 1. The van der Waals surface area contributed by atoms with Crippen LogP contribution in [0.5, 0.6) is 0 Å². The second-order valence-electron chi connectivity index (χ2n) is 7.17. The molecule has 7 heteroatoms. The van der Waals surface area contributed by atoms with Gasteiger partial charge in [0, 0.05) is 28.8 Å². The molecule has 1 aromatic rings. The normalized spacial score (nSPS) is 20.2. The predicted octanol–water partition coefficient (Wildman–Crippen LogP) is 4.88. The smallest absolute Gasteiger partial charge is 0.338 e. The van der Waals surface area contributed by atoms with Gasteiger partial charge in [-0.15, -0.1) is 0 Å². The summed E-state index contributed by atoms with van der Waals surface area (Å²) in [4.78, 5) is 16.2. The second kappa shape index (κ2) is 9.82. The van der Waals surface area contributed by atoms with Crippen molar-refractivity contribution in [2.24, 2.45) is 0 Å². The summed E-state index contributed by atoms with van der Waals surface area (Å²) in [6, 6.07) is 4.38. The van der Waals surface area contributed by atoms with Crippen molar-refractivity contribution in [2.75, 3.05) is 32.1 Å². The molecular weight excluding hydrogens is 418 g/mol. The number of halogens is 3. The van der Waals surface area contributed by atoms with E-state index < -0.39 is 6.43 Å². The molecule has 27 heavy (non-hydrogen) atoms. The Morgan fingerprint density at radius 2 is 1.85 bits per heavy atom. The van der Waals surface area contributed by atoms with Gasteiger partial charge in [-0.05, 0) is 64.3 Å². The maximum atomic E-state index is 12.6. The fourth-order valence-corrected chi connectivity index (χ4v) is 4.53. The highest BCUT2D eigenvalue weighted by molar-refractivity contribution is 9.10. The van der Waals surface area contributed by atoms with Gasteiger partial charge in [0.15, 0.2) is 0 Å². The Morgan fingerprint density at radius 3 is 2.37 bits per heavy atom. The lowest BCUT2D eigenvalue weighted by Gasteiger charge is -2.41. The van der Waals surface area contributed by atoms with Gasteiger partial charge in [0.2, 0.25) is 0 Å². The Hall–Kier alpha value is -1.21. The number of alkyl halides is 2. The summed E-state index contributed by atoms with van der Waals surface area (Å²) in [5.41, 5.74) is 2.49. The standard InChI is InChI=1S/C20H29BrF2N2O2/c1-5-25(16-8-6-15(7-9-16)24(3)12-19(22)23)18-11-14(21)10-17(13(18)2)20(26)27-4/h10-11,15-16,19H,5-9,12H2,1-4H3. The van der Waals surface area contributed by atoms with Gasteiger partial charge in [0.05, 0.1) is 19.2 Å². The van der Waals surface area contributed by atoms with Crippen LogP contribution in [0.1, 0.15) is 48.5 Å². The van der Waals surface area contributed by atoms with Crippen molar-refractivity contribution in [1.29, 1.82) is 0 Å². The molecule has 0 saturated heterocycles. The predicted molar refractivity (Wildman–Crippen MR) is 108 cm³/mol.